The second-order valence-corrected chi connectivity index (χ2v) is 5.85. The molecule has 1 aliphatic carbocycles. The van der Waals surface area contributed by atoms with Crippen molar-refractivity contribution in [1.82, 2.24) is 0 Å². The van der Waals surface area contributed by atoms with Crippen molar-refractivity contribution >= 4 is 35.0 Å². The molecule has 3 nitrogen and oxygen atoms in total. The van der Waals surface area contributed by atoms with E-state index >= 15 is 0 Å². The topological polar surface area (TPSA) is 43.4 Å². The molecule has 1 aromatic rings. The van der Waals surface area contributed by atoms with Crippen LogP contribution in [0.25, 0.3) is 0 Å². The zero-order valence-corrected chi connectivity index (χ0v) is 10.4. The Labute approximate surface area is 108 Å². The molecule has 0 spiro atoms. The van der Waals surface area contributed by atoms with Gasteiger partial charge in [-0.2, -0.15) is 0 Å². The number of hydrogen-bond acceptors (Lipinski definition) is 3. The van der Waals surface area contributed by atoms with Gasteiger partial charge in [-0.1, -0.05) is 47.5 Å². The minimum absolute atomic E-state index is 0.241. The zero-order valence-electron chi connectivity index (χ0n) is 8.87. The fraction of sp³-hybridized carbons (Fsp3) is 0.333. The second-order valence-electron chi connectivity index (χ2n) is 4.47. The maximum Gasteiger partial charge on any atom is 0.344 e. The molecule has 1 aliphatic heterocycles. The van der Waals surface area contributed by atoms with Gasteiger partial charge in [0.2, 0.25) is 10.1 Å². The number of Topliss-reactive ketones (excluding diaryl/α,β-unsaturated/α-hetero) is 1. The summed E-state index contributed by atoms with van der Waals surface area (Å²) in [5.74, 6) is -1.64. The molecule has 0 saturated carbocycles. The van der Waals surface area contributed by atoms with Crippen LogP contribution in [0, 0.1) is 0 Å². The third-order valence-corrected chi connectivity index (χ3v) is 4.20. The first-order valence-electron chi connectivity index (χ1n) is 5.14. The first kappa shape index (κ1) is 11.1. The Balaban J connectivity index is 2.29. The number of halogens is 2. The average molecular weight is 271 g/mol. The molecule has 0 amide bonds. The highest BCUT2D eigenvalue weighted by molar-refractivity contribution is 6.59. The maximum absolute atomic E-state index is 12.2. The Morgan fingerprint density at radius 2 is 1.88 bits per heavy atom. The van der Waals surface area contributed by atoms with E-state index in [1.54, 1.807) is 31.2 Å². The molecule has 5 heteroatoms. The van der Waals surface area contributed by atoms with E-state index in [9.17, 15) is 9.59 Å². The number of rotatable bonds is 0. The smallest absolute Gasteiger partial charge is 0.344 e. The summed E-state index contributed by atoms with van der Waals surface area (Å²) in [6.45, 7) is 1.56. The summed E-state index contributed by atoms with van der Waals surface area (Å²) in [4.78, 5) is 23.9. The van der Waals surface area contributed by atoms with E-state index in [2.05, 4.69) is 0 Å². The third kappa shape index (κ3) is 1.14. The van der Waals surface area contributed by atoms with E-state index < -0.39 is 21.8 Å². The monoisotopic (exact) mass is 270 g/mol. The molecular weight excluding hydrogens is 263 g/mol. The Bertz CT molecular complexity index is 552. The van der Waals surface area contributed by atoms with Gasteiger partial charge in [0, 0.05) is 5.56 Å². The van der Waals surface area contributed by atoms with Gasteiger partial charge in [-0.25, -0.2) is 4.79 Å². The molecule has 1 fully saturated rings. The molecule has 88 valence electrons. The third-order valence-electron chi connectivity index (χ3n) is 3.46. The number of hydrogen-bond donors (Lipinski definition) is 0. The predicted molar refractivity (Wildman–Crippen MR) is 62.4 cm³/mol. The SMILES string of the molecule is C[C@@]12OC(=O)C(Cl)(Cl)[C@H]1c1ccccc1C2=O. The first-order chi connectivity index (χ1) is 7.89. The number of ketones is 1. The number of ether oxygens (including phenoxy) is 1. The summed E-state index contributed by atoms with van der Waals surface area (Å²) in [5, 5.41) is 0. The van der Waals surface area contributed by atoms with Crippen LogP contribution in [-0.4, -0.2) is 21.7 Å². The lowest BCUT2D eigenvalue weighted by atomic mass is 9.88. The maximum atomic E-state index is 12.2. The van der Waals surface area contributed by atoms with Crippen molar-refractivity contribution in [3.8, 4) is 0 Å². The van der Waals surface area contributed by atoms with Crippen molar-refractivity contribution in [2.24, 2.45) is 0 Å². The standard InChI is InChI=1S/C12H8Cl2O3/c1-11-8(12(13,14)10(16)17-11)6-4-2-3-5-7(6)9(11)15/h2-5,8H,1H3/t8-,11+/m0/s1. The van der Waals surface area contributed by atoms with Crippen molar-refractivity contribution in [3.05, 3.63) is 35.4 Å². The van der Waals surface area contributed by atoms with Crippen LogP contribution in [0.3, 0.4) is 0 Å². The van der Waals surface area contributed by atoms with Crippen LogP contribution in [0.2, 0.25) is 0 Å². The van der Waals surface area contributed by atoms with E-state index in [0.29, 0.717) is 11.1 Å². The minimum atomic E-state index is -1.70. The molecule has 0 radical (unpaired) electrons. The second kappa shape index (κ2) is 3.03. The molecule has 2 atom stereocenters. The zero-order chi connectivity index (χ0) is 12.4. The van der Waals surface area contributed by atoms with Crippen molar-refractivity contribution in [1.29, 1.82) is 0 Å². The number of benzene rings is 1. The molecule has 1 saturated heterocycles. The highest BCUT2D eigenvalue weighted by Gasteiger charge is 2.69. The van der Waals surface area contributed by atoms with Gasteiger partial charge in [-0.15, -0.1) is 0 Å². The van der Waals surface area contributed by atoms with Crippen LogP contribution in [-0.2, 0) is 9.53 Å². The Morgan fingerprint density at radius 3 is 2.59 bits per heavy atom. The van der Waals surface area contributed by atoms with E-state index in [1.807, 2.05) is 0 Å². The Morgan fingerprint density at radius 1 is 1.24 bits per heavy atom. The van der Waals surface area contributed by atoms with E-state index in [4.69, 9.17) is 27.9 Å². The lowest BCUT2D eigenvalue weighted by Gasteiger charge is -2.22. The number of fused-ring (bicyclic) bond motifs is 3. The van der Waals surface area contributed by atoms with Gasteiger partial charge in [-0.05, 0) is 12.5 Å². The fourth-order valence-corrected chi connectivity index (χ4v) is 3.40. The van der Waals surface area contributed by atoms with E-state index in [1.165, 1.54) is 0 Å². The van der Waals surface area contributed by atoms with Crippen LogP contribution in [0.5, 0.6) is 0 Å². The van der Waals surface area contributed by atoms with Crippen molar-refractivity contribution in [3.63, 3.8) is 0 Å². The van der Waals surface area contributed by atoms with Crippen molar-refractivity contribution in [2.45, 2.75) is 22.8 Å². The number of carbonyl (C=O) groups excluding carboxylic acids is 2. The summed E-state index contributed by atoms with van der Waals surface area (Å²) in [6.07, 6.45) is 0. The summed E-state index contributed by atoms with van der Waals surface area (Å²) >= 11 is 12.1. The lowest BCUT2D eigenvalue weighted by Crippen LogP contribution is -2.36. The number of alkyl halides is 2. The Hall–Kier alpha value is -1.06. The first-order valence-corrected chi connectivity index (χ1v) is 5.89. The molecule has 1 aromatic carbocycles. The molecule has 0 N–H and O–H groups in total. The molecule has 0 aromatic heterocycles. The van der Waals surface area contributed by atoms with Crippen LogP contribution >= 0.6 is 23.2 Å². The van der Waals surface area contributed by atoms with Gasteiger partial charge in [0.1, 0.15) is 0 Å². The highest BCUT2D eigenvalue weighted by atomic mass is 35.5. The van der Waals surface area contributed by atoms with Gasteiger partial charge in [0.25, 0.3) is 0 Å². The minimum Gasteiger partial charge on any atom is -0.448 e. The largest absolute Gasteiger partial charge is 0.448 e. The molecule has 17 heavy (non-hydrogen) atoms. The quantitative estimate of drug-likeness (QED) is 0.537. The fourth-order valence-electron chi connectivity index (χ4n) is 2.68. The Kier molecular flexibility index (Phi) is 1.97. The molecule has 2 aliphatic rings. The van der Waals surface area contributed by atoms with Crippen LogP contribution < -0.4 is 0 Å². The van der Waals surface area contributed by atoms with Gasteiger partial charge < -0.3 is 4.74 Å². The summed E-state index contributed by atoms with van der Waals surface area (Å²) in [5.41, 5.74) is -0.0707. The average Bonchev–Trinajstić information content (AvgIpc) is 2.59. The van der Waals surface area contributed by atoms with Gasteiger partial charge in [-0.3, -0.25) is 4.79 Å². The molecule has 1 heterocycles. The molecule has 3 rings (SSSR count). The van der Waals surface area contributed by atoms with Crippen LogP contribution in [0.15, 0.2) is 24.3 Å². The molecule has 0 unspecified atom stereocenters. The van der Waals surface area contributed by atoms with Crippen LogP contribution in [0.1, 0.15) is 28.8 Å². The number of carbonyl (C=O) groups is 2. The van der Waals surface area contributed by atoms with E-state index in [-0.39, 0.29) is 5.78 Å². The predicted octanol–water partition coefficient (Wildman–Crippen LogP) is 2.46. The highest BCUT2D eigenvalue weighted by Crippen LogP contribution is 2.58. The van der Waals surface area contributed by atoms with Gasteiger partial charge in [0.05, 0.1) is 5.92 Å². The lowest BCUT2D eigenvalue weighted by molar-refractivity contribution is -0.144. The summed E-state index contributed by atoms with van der Waals surface area (Å²) in [7, 11) is 0. The molecular formula is C12H8Cl2O3. The van der Waals surface area contributed by atoms with Crippen LogP contribution in [0.4, 0.5) is 0 Å². The molecule has 0 bridgehead atoms. The van der Waals surface area contributed by atoms with Crippen molar-refractivity contribution < 1.29 is 14.3 Å². The van der Waals surface area contributed by atoms with Crippen molar-refractivity contribution in [2.75, 3.05) is 0 Å². The normalized spacial score (nSPS) is 33.2. The summed E-state index contributed by atoms with van der Waals surface area (Å²) < 4.78 is 3.43. The van der Waals surface area contributed by atoms with Gasteiger partial charge >= 0.3 is 5.97 Å². The van der Waals surface area contributed by atoms with E-state index in [0.717, 1.165) is 0 Å². The summed E-state index contributed by atoms with van der Waals surface area (Å²) in [6, 6.07) is 6.99. The number of esters is 1. The van der Waals surface area contributed by atoms with Gasteiger partial charge in [0.15, 0.2) is 5.60 Å².